The van der Waals surface area contributed by atoms with Gasteiger partial charge in [-0.15, -0.1) is 6.58 Å². The second kappa shape index (κ2) is 5.32. The van der Waals surface area contributed by atoms with Crippen molar-refractivity contribution in [2.24, 2.45) is 0 Å². The molecule has 0 fully saturated rings. The quantitative estimate of drug-likeness (QED) is 0.655. The number of benzene rings is 2. The SMILES string of the molecule is C=CCc1ccccc1C(=O)c1ccccc1O. The molecule has 0 saturated heterocycles. The smallest absolute Gasteiger partial charge is 0.197 e. The van der Waals surface area contributed by atoms with Crippen LogP contribution in [0.15, 0.2) is 61.2 Å². The van der Waals surface area contributed by atoms with Crippen molar-refractivity contribution in [2.75, 3.05) is 0 Å². The highest BCUT2D eigenvalue weighted by molar-refractivity contribution is 6.11. The number of ketones is 1. The summed E-state index contributed by atoms with van der Waals surface area (Å²) >= 11 is 0. The van der Waals surface area contributed by atoms with Crippen molar-refractivity contribution in [1.29, 1.82) is 0 Å². The first-order valence-corrected chi connectivity index (χ1v) is 5.75. The first-order valence-electron chi connectivity index (χ1n) is 5.75. The Bertz CT molecular complexity index is 585. The van der Waals surface area contributed by atoms with Crippen LogP contribution in [0, 0.1) is 0 Å². The lowest BCUT2D eigenvalue weighted by Gasteiger charge is -2.08. The Morgan fingerprint density at radius 3 is 2.33 bits per heavy atom. The summed E-state index contributed by atoms with van der Waals surface area (Å²) in [5.74, 6) is -0.151. The molecule has 0 aliphatic rings. The van der Waals surface area contributed by atoms with Gasteiger partial charge in [0.25, 0.3) is 0 Å². The van der Waals surface area contributed by atoms with E-state index in [1.165, 1.54) is 6.07 Å². The van der Waals surface area contributed by atoms with Crippen molar-refractivity contribution >= 4 is 5.78 Å². The van der Waals surface area contributed by atoms with Crippen LogP contribution < -0.4 is 0 Å². The van der Waals surface area contributed by atoms with Crippen LogP contribution in [-0.2, 0) is 6.42 Å². The van der Waals surface area contributed by atoms with Crippen LogP contribution in [0.4, 0.5) is 0 Å². The largest absolute Gasteiger partial charge is 0.507 e. The maximum atomic E-state index is 12.4. The summed E-state index contributed by atoms with van der Waals surface area (Å²) in [7, 11) is 0. The summed E-state index contributed by atoms with van der Waals surface area (Å²) < 4.78 is 0. The van der Waals surface area contributed by atoms with Crippen molar-refractivity contribution < 1.29 is 9.90 Å². The van der Waals surface area contributed by atoms with Crippen molar-refractivity contribution in [3.8, 4) is 5.75 Å². The lowest BCUT2D eigenvalue weighted by molar-refractivity contribution is 0.103. The Morgan fingerprint density at radius 1 is 1.06 bits per heavy atom. The van der Waals surface area contributed by atoms with Crippen LogP contribution >= 0.6 is 0 Å². The monoisotopic (exact) mass is 238 g/mol. The average molecular weight is 238 g/mol. The van der Waals surface area contributed by atoms with E-state index in [9.17, 15) is 9.90 Å². The van der Waals surface area contributed by atoms with Crippen LogP contribution in [0.2, 0.25) is 0 Å². The normalized spacial score (nSPS) is 10.0. The van der Waals surface area contributed by atoms with Gasteiger partial charge >= 0.3 is 0 Å². The molecule has 0 aliphatic heterocycles. The Kier molecular flexibility index (Phi) is 3.58. The Hall–Kier alpha value is -2.35. The summed E-state index contributed by atoms with van der Waals surface area (Å²) in [5.41, 5.74) is 1.86. The lowest BCUT2D eigenvalue weighted by Crippen LogP contribution is -2.05. The van der Waals surface area contributed by atoms with E-state index in [0.717, 1.165) is 5.56 Å². The molecular weight excluding hydrogens is 224 g/mol. The summed E-state index contributed by atoms with van der Waals surface area (Å²) in [4.78, 5) is 12.4. The average Bonchev–Trinajstić information content (AvgIpc) is 2.40. The van der Waals surface area contributed by atoms with Crippen LogP contribution in [0.25, 0.3) is 0 Å². The zero-order chi connectivity index (χ0) is 13.0. The number of allylic oxidation sites excluding steroid dienone is 1. The fourth-order valence-corrected chi connectivity index (χ4v) is 1.89. The number of phenols is 1. The molecule has 0 spiro atoms. The fraction of sp³-hybridized carbons (Fsp3) is 0.0625. The first-order chi connectivity index (χ1) is 8.74. The zero-order valence-electron chi connectivity index (χ0n) is 9.97. The van der Waals surface area contributed by atoms with Gasteiger partial charge in [-0.25, -0.2) is 0 Å². The molecule has 0 heterocycles. The third-order valence-electron chi connectivity index (χ3n) is 2.77. The van der Waals surface area contributed by atoms with Gasteiger partial charge in [-0.3, -0.25) is 4.79 Å². The molecule has 0 aliphatic carbocycles. The molecule has 1 N–H and O–H groups in total. The van der Waals surface area contributed by atoms with Crippen molar-refractivity contribution in [1.82, 2.24) is 0 Å². The van der Waals surface area contributed by atoms with Crippen molar-refractivity contribution in [2.45, 2.75) is 6.42 Å². The second-order valence-electron chi connectivity index (χ2n) is 4.00. The second-order valence-corrected chi connectivity index (χ2v) is 4.00. The minimum absolute atomic E-state index is 0.0101. The Balaban J connectivity index is 2.46. The molecule has 2 aromatic carbocycles. The lowest BCUT2D eigenvalue weighted by atomic mass is 9.96. The third-order valence-corrected chi connectivity index (χ3v) is 2.77. The molecule has 0 atom stereocenters. The van der Waals surface area contributed by atoms with Gasteiger partial charge in [0.2, 0.25) is 0 Å². The van der Waals surface area contributed by atoms with Gasteiger partial charge in [-0.05, 0) is 24.1 Å². The number of carbonyl (C=O) groups excluding carboxylic acids is 1. The highest BCUT2D eigenvalue weighted by atomic mass is 16.3. The molecule has 90 valence electrons. The van der Waals surface area contributed by atoms with Crippen molar-refractivity contribution in [3.63, 3.8) is 0 Å². The van der Waals surface area contributed by atoms with Gasteiger partial charge in [0.05, 0.1) is 5.56 Å². The number of rotatable bonds is 4. The number of phenolic OH excluding ortho intramolecular Hbond substituents is 1. The van der Waals surface area contributed by atoms with E-state index in [1.54, 1.807) is 30.3 Å². The van der Waals surface area contributed by atoms with Crippen LogP contribution in [0.1, 0.15) is 21.5 Å². The maximum Gasteiger partial charge on any atom is 0.197 e. The molecule has 0 unspecified atom stereocenters. The predicted octanol–water partition coefficient (Wildman–Crippen LogP) is 3.35. The van der Waals surface area contributed by atoms with Gasteiger partial charge in [-0.2, -0.15) is 0 Å². The number of para-hydroxylation sites is 1. The van der Waals surface area contributed by atoms with E-state index < -0.39 is 0 Å². The van der Waals surface area contributed by atoms with Crippen LogP contribution in [-0.4, -0.2) is 10.9 Å². The summed E-state index contributed by atoms with van der Waals surface area (Å²) in [5, 5.41) is 9.72. The summed E-state index contributed by atoms with van der Waals surface area (Å²) in [6.45, 7) is 3.69. The molecule has 2 aromatic rings. The molecule has 0 amide bonds. The topological polar surface area (TPSA) is 37.3 Å². The van der Waals surface area contributed by atoms with E-state index in [0.29, 0.717) is 17.5 Å². The molecule has 2 nitrogen and oxygen atoms in total. The molecule has 2 heteroatoms. The standard InChI is InChI=1S/C16H14O2/c1-2-7-12-8-3-4-9-13(12)16(18)14-10-5-6-11-15(14)17/h2-6,8-11,17H,1,7H2. The number of hydrogen-bond acceptors (Lipinski definition) is 2. The van der Waals surface area contributed by atoms with Gasteiger partial charge in [0.1, 0.15) is 5.75 Å². The molecule has 0 radical (unpaired) electrons. The Morgan fingerprint density at radius 2 is 1.67 bits per heavy atom. The van der Waals surface area contributed by atoms with Gasteiger partial charge < -0.3 is 5.11 Å². The van der Waals surface area contributed by atoms with E-state index in [1.807, 2.05) is 18.2 Å². The highest BCUT2D eigenvalue weighted by Gasteiger charge is 2.15. The predicted molar refractivity (Wildman–Crippen MR) is 71.9 cm³/mol. The van der Waals surface area contributed by atoms with Gasteiger partial charge in [0.15, 0.2) is 5.78 Å². The molecule has 2 rings (SSSR count). The fourth-order valence-electron chi connectivity index (χ4n) is 1.89. The maximum absolute atomic E-state index is 12.4. The minimum atomic E-state index is -0.162. The molecule has 0 bridgehead atoms. The Labute approximate surface area is 106 Å². The molecular formula is C16H14O2. The molecule has 18 heavy (non-hydrogen) atoms. The summed E-state index contributed by atoms with van der Waals surface area (Å²) in [6, 6.07) is 14.0. The van der Waals surface area contributed by atoms with E-state index in [-0.39, 0.29) is 11.5 Å². The minimum Gasteiger partial charge on any atom is -0.507 e. The summed E-state index contributed by atoms with van der Waals surface area (Å²) in [6.07, 6.45) is 2.40. The molecule has 0 aromatic heterocycles. The van der Waals surface area contributed by atoms with Gasteiger partial charge in [-0.1, -0.05) is 42.5 Å². The first kappa shape index (κ1) is 12.1. The van der Waals surface area contributed by atoms with Crippen molar-refractivity contribution in [3.05, 3.63) is 77.9 Å². The third kappa shape index (κ3) is 2.33. The van der Waals surface area contributed by atoms with Crippen LogP contribution in [0.5, 0.6) is 5.75 Å². The van der Waals surface area contributed by atoms with E-state index in [4.69, 9.17) is 0 Å². The van der Waals surface area contributed by atoms with E-state index in [2.05, 4.69) is 6.58 Å². The highest BCUT2D eigenvalue weighted by Crippen LogP contribution is 2.22. The number of aromatic hydroxyl groups is 1. The van der Waals surface area contributed by atoms with Gasteiger partial charge in [0, 0.05) is 5.56 Å². The molecule has 0 saturated carbocycles. The van der Waals surface area contributed by atoms with Crippen LogP contribution in [0.3, 0.4) is 0 Å². The number of carbonyl (C=O) groups is 1. The zero-order valence-corrected chi connectivity index (χ0v) is 9.97. The number of hydrogen-bond donors (Lipinski definition) is 1. The van der Waals surface area contributed by atoms with E-state index >= 15 is 0 Å².